The van der Waals surface area contributed by atoms with E-state index in [2.05, 4.69) is 29.1 Å². The molecule has 1 atom stereocenters. The maximum atomic E-state index is 6.13. The van der Waals surface area contributed by atoms with Crippen molar-refractivity contribution in [2.24, 2.45) is 5.92 Å². The normalized spacial score (nSPS) is 27.0. The number of ether oxygens (including phenoxy) is 1. The van der Waals surface area contributed by atoms with Crippen LogP contribution >= 0.6 is 11.6 Å². The number of hydrogen-bond donors (Lipinski definition) is 0. The largest absolute Gasteiger partial charge is 0.368 e. The summed E-state index contributed by atoms with van der Waals surface area (Å²) in [5, 5.41) is 1.51. The summed E-state index contributed by atoms with van der Waals surface area (Å²) in [5.41, 5.74) is 1.77. The molecule has 2 fully saturated rings. The van der Waals surface area contributed by atoms with E-state index in [-0.39, 0.29) is 5.60 Å². The average molecular weight is 318 g/mol. The molecule has 0 saturated carbocycles. The minimum atomic E-state index is -0.189. The first kappa shape index (κ1) is 14.4. The average Bonchev–Trinajstić information content (AvgIpc) is 2.47. The monoisotopic (exact) mass is 317 g/mol. The van der Waals surface area contributed by atoms with Gasteiger partial charge < -0.3 is 9.64 Å². The number of rotatable bonds is 2. The first-order valence-corrected chi connectivity index (χ1v) is 8.30. The molecule has 4 heterocycles. The van der Waals surface area contributed by atoms with E-state index < -0.39 is 0 Å². The van der Waals surface area contributed by atoms with E-state index in [0.717, 1.165) is 42.7 Å². The van der Waals surface area contributed by atoms with E-state index in [1.165, 1.54) is 12.8 Å². The predicted molar refractivity (Wildman–Crippen MR) is 87.0 cm³/mol. The topological polar surface area (TPSA) is 38.2 Å². The Hall–Kier alpha value is -1.23. The van der Waals surface area contributed by atoms with Gasteiger partial charge in [-0.3, -0.25) is 0 Å². The highest BCUT2D eigenvalue weighted by Crippen LogP contribution is 2.47. The molecule has 0 N–H and O–H groups in total. The number of hydrogen-bond acceptors (Lipinski definition) is 4. The zero-order chi connectivity index (χ0) is 15.2. The van der Waals surface area contributed by atoms with Crippen molar-refractivity contribution < 1.29 is 4.74 Å². The molecule has 4 nitrogen and oxygen atoms in total. The van der Waals surface area contributed by atoms with Gasteiger partial charge >= 0.3 is 0 Å². The van der Waals surface area contributed by atoms with Gasteiger partial charge in [-0.1, -0.05) is 11.6 Å². The summed E-state index contributed by atoms with van der Waals surface area (Å²) in [6.07, 6.45) is 5.19. The Balaban J connectivity index is 1.71. The highest BCUT2D eigenvalue weighted by molar-refractivity contribution is 6.29. The van der Waals surface area contributed by atoms with Crippen molar-refractivity contribution in [2.45, 2.75) is 24.9 Å². The molecule has 2 aliphatic rings. The number of pyridine rings is 2. The van der Waals surface area contributed by atoms with Crippen LogP contribution in [0.25, 0.3) is 10.9 Å². The highest BCUT2D eigenvalue weighted by atomic mass is 35.5. The van der Waals surface area contributed by atoms with E-state index in [4.69, 9.17) is 21.3 Å². The molecular weight excluding hydrogens is 298 g/mol. The van der Waals surface area contributed by atoms with Gasteiger partial charge in [0.05, 0.1) is 17.8 Å². The van der Waals surface area contributed by atoms with Gasteiger partial charge in [-0.15, -0.1) is 0 Å². The molecule has 0 aliphatic carbocycles. The van der Waals surface area contributed by atoms with Gasteiger partial charge in [0.15, 0.2) is 0 Å². The van der Waals surface area contributed by atoms with Crippen LogP contribution in [0.1, 0.15) is 25.0 Å². The molecule has 0 amide bonds. The van der Waals surface area contributed by atoms with Gasteiger partial charge in [-0.05, 0) is 51.0 Å². The predicted octanol–water partition coefficient (Wildman–Crippen LogP) is 3.24. The van der Waals surface area contributed by atoms with Crippen LogP contribution < -0.4 is 0 Å². The summed E-state index contributed by atoms with van der Waals surface area (Å²) >= 11 is 6.01. The minimum Gasteiger partial charge on any atom is -0.368 e. The fourth-order valence-electron chi connectivity index (χ4n) is 3.76. The van der Waals surface area contributed by atoms with Crippen molar-refractivity contribution in [1.82, 2.24) is 14.9 Å². The van der Waals surface area contributed by atoms with Crippen LogP contribution in [0.3, 0.4) is 0 Å². The van der Waals surface area contributed by atoms with E-state index in [0.29, 0.717) is 11.1 Å². The van der Waals surface area contributed by atoms with Crippen LogP contribution in [0, 0.1) is 5.92 Å². The lowest BCUT2D eigenvalue weighted by atomic mass is 9.73. The first-order valence-electron chi connectivity index (χ1n) is 7.93. The summed E-state index contributed by atoms with van der Waals surface area (Å²) in [6, 6.07) is 6.02. The standard InChI is InChI=1S/C17H20ClN3O/c1-21-7-4-13(5-8-21)17(6-9-22-17)15-3-2-12-11-19-16(18)10-14(12)20-15/h2-3,10-11,13H,4-9H2,1H3. The van der Waals surface area contributed by atoms with E-state index in [1.807, 2.05) is 6.07 Å². The summed E-state index contributed by atoms with van der Waals surface area (Å²) in [7, 11) is 2.19. The lowest BCUT2D eigenvalue weighted by molar-refractivity contribution is -0.199. The molecular formula is C17H20ClN3O. The van der Waals surface area contributed by atoms with Crippen LogP contribution in [0.15, 0.2) is 24.4 Å². The molecule has 2 aromatic rings. The molecule has 0 bridgehead atoms. The van der Waals surface area contributed by atoms with Crippen molar-refractivity contribution >= 4 is 22.5 Å². The molecule has 5 heteroatoms. The van der Waals surface area contributed by atoms with Crippen molar-refractivity contribution in [2.75, 3.05) is 26.7 Å². The molecule has 0 spiro atoms. The second-order valence-corrected chi connectivity index (χ2v) is 6.85. The Bertz CT molecular complexity index is 693. The quantitative estimate of drug-likeness (QED) is 0.797. The van der Waals surface area contributed by atoms with Gasteiger partial charge in [0.25, 0.3) is 0 Å². The van der Waals surface area contributed by atoms with Gasteiger partial charge in [0.1, 0.15) is 10.8 Å². The minimum absolute atomic E-state index is 0.189. The Morgan fingerprint density at radius 2 is 2.09 bits per heavy atom. The molecule has 2 aromatic heterocycles. The Morgan fingerprint density at radius 3 is 2.77 bits per heavy atom. The molecule has 2 saturated heterocycles. The molecule has 4 rings (SSSR count). The van der Waals surface area contributed by atoms with E-state index in [1.54, 1.807) is 6.20 Å². The summed E-state index contributed by atoms with van der Waals surface area (Å²) in [4.78, 5) is 11.4. The van der Waals surface area contributed by atoms with Gasteiger partial charge in [-0.2, -0.15) is 0 Å². The van der Waals surface area contributed by atoms with Crippen LogP contribution in [0.5, 0.6) is 0 Å². The summed E-state index contributed by atoms with van der Waals surface area (Å²) in [6.45, 7) is 3.11. The SMILES string of the molecule is CN1CCC(C2(c3ccc4cnc(Cl)cc4n3)CCO2)CC1. The van der Waals surface area contributed by atoms with Crippen LogP contribution in [0.2, 0.25) is 5.15 Å². The molecule has 116 valence electrons. The van der Waals surface area contributed by atoms with E-state index in [9.17, 15) is 0 Å². The molecule has 22 heavy (non-hydrogen) atoms. The third-order valence-electron chi connectivity index (χ3n) is 5.18. The Morgan fingerprint density at radius 1 is 1.32 bits per heavy atom. The second kappa shape index (κ2) is 5.44. The lowest BCUT2D eigenvalue weighted by Gasteiger charge is -2.49. The Kier molecular flexibility index (Phi) is 3.56. The molecule has 0 aromatic carbocycles. The van der Waals surface area contributed by atoms with Crippen molar-refractivity contribution in [1.29, 1.82) is 0 Å². The number of nitrogens with zero attached hydrogens (tertiary/aromatic N) is 3. The first-order chi connectivity index (χ1) is 10.7. The van der Waals surface area contributed by atoms with Gasteiger partial charge in [0, 0.05) is 24.1 Å². The summed E-state index contributed by atoms with van der Waals surface area (Å²) in [5.74, 6) is 0.555. The fraction of sp³-hybridized carbons (Fsp3) is 0.529. The number of halogens is 1. The van der Waals surface area contributed by atoms with E-state index >= 15 is 0 Å². The zero-order valence-electron chi connectivity index (χ0n) is 12.8. The highest BCUT2D eigenvalue weighted by Gasteiger charge is 2.48. The molecule has 2 aliphatic heterocycles. The van der Waals surface area contributed by atoms with Crippen molar-refractivity contribution in [3.05, 3.63) is 35.2 Å². The zero-order valence-corrected chi connectivity index (χ0v) is 13.5. The summed E-state index contributed by atoms with van der Waals surface area (Å²) < 4.78 is 6.13. The lowest BCUT2D eigenvalue weighted by Crippen LogP contribution is -2.51. The second-order valence-electron chi connectivity index (χ2n) is 6.46. The van der Waals surface area contributed by atoms with Crippen molar-refractivity contribution in [3.63, 3.8) is 0 Å². The smallest absolute Gasteiger partial charge is 0.131 e. The van der Waals surface area contributed by atoms with Crippen molar-refractivity contribution in [3.8, 4) is 0 Å². The van der Waals surface area contributed by atoms with Gasteiger partial charge in [-0.25, -0.2) is 9.97 Å². The maximum Gasteiger partial charge on any atom is 0.131 e. The van der Waals surface area contributed by atoms with Crippen LogP contribution in [0.4, 0.5) is 0 Å². The molecule has 1 unspecified atom stereocenters. The van der Waals surface area contributed by atoms with Crippen LogP contribution in [-0.2, 0) is 10.3 Å². The number of fused-ring (bicyclic) bond motifs is 1. The number of piperidine rings is 1. The fourth-order valence-corrected chi connectivity index (χ4v) is 3.91. The number of aromatic nitrogens is 2. The third kappa shape index (κ3) is 2.30. The Labute approximate surface area is 135 Å². The molecule has 0 radical (unpaired) electrons. The number of likely N-dealkylation sites (tertiary alicyclic amines) is 1. The van der Waals surface area contributed by atoms with Crippen LogP contribution in [-0.4, -0.2) is 41.6 Å². The third-order valence-corrected chi connectivity index (χ3v) is 5.39. The maximum absolute atomic E-state index is 6.13. The van der Waals surface area contributed by atoms with Gasteiger partial charge in [0.2, 0.25) is 0 Å².